The first-order valence-electron chi connectivity index (χ1n) is 5.75. The van der Waals surface area contributed by atoms with E-state index in [1.165, 1.54) is 7.11 Å². The fraction of sp³-hybridized carbons (Fsp3) is 0.462. The smallest absolute Gasteiger partial charge is 0.322 e. The Labute approximate surface area is 121 Å². The zero-order valence-electron chi connectivity index (χ0n) is 11.5. The van der Waals surface area contributed by atoms with Gasteiger partial charge >= 0.3 is 5.97 Å². The molecule has 1 aromatic carbocycles. The molecule has 0 fully saturated rings. The van der Waals surface area contributed by atoms with Gasteiger partial charge in [-0.05, 0) is 40.5 Å². The Morgan fingerprint density at radius 2 is 2.00 bits per heavy atom. The largest absolute Gasteiger partial charge is 0.493 e. The minimum absolute atomic E-state index is 0.292. The molecule has 1 aromatic rings. The molecule has 19 heavy (non-hydrogen) atoms. The lowest BCUT2D eigenvalue weighted by Gasteiger charge is -2.14. The molecule has 0 aliphatic carbocycles. The van der Waals surface area contributed by atoms with Crippen molar-refractivity contribution in [2.45, 2.75) is 19.5 Å². The van der Waals surface area contributed by atoms with Crippen LogP contribution < -0.4 is 14.8 Å². The van der Waals surface area contributed by atoms with Gasteiger partial charge in [0.2, 0.25) is 0 Å². The molecular formula is C13H18BrNO4. The summed E-state index contributed by atoms with van der Waals surface area (Å²) in [6, 6.07) is 3.41. The molecule has 0 aliphatic rings. The first-order valence-corrected chi connectivity index (χ1v) is 6.54. The zero-order valence-corrected chi connectivity index (χ0v) is 13.0. The van der Waals surface area contributed by atoms with E-state index in [0.29, 0.717) is 18.0 Å². The van der Waals surface area contributed by atoms with Crippen molar-refractivity contribution in [2.24, 2.45) is 0 Å². The summed E-state index contributed by atoms with van der Waals surface area (Å²) in [6.07, 6.45) is 0. The molecule has 0 aliphatic heterocycles. The normalized spacial score (nSPS) is 11.8. The van der Waals surface area contributed by atoms with E-state index >= 15 is 0 Å². The highest BCUT2D eigenvalue weighted by Crippen LogP contribution is 2.36. The number of ether oxygens (including phenoxy) is 3. The molecule has 1 rings (SSSR count). The second kappa shape index (κ2) is 7.35. The molecule has 0 saturated heterocycles. The number of halogens is 1. The molecule has 0 bridgehead atoms. The third kappa shape index (κ3) is 4.11. The summed E-state index contributed by atoms with van der Waals surface area (Å²) >= 11 is 3.42. The van der Waals surface area contributed by atoms with Crippen LogP contribution in [0.2, 0.25) is 0 Å². The van der Waals surface area contributed by atoms with Gasteiger partial charge in [0.25, 0.3) is 0 Å². The second-order valence-corrected chi connectivity index (χ2v) is 4.79. The molecule has 0 spiro atoms. The van der Waals surface area contributed by atoms with E-state index in [1.54, 1.807) is 21.1 Å². The molecule has 106 valence electrons. The van der Waals surface area contributed by atoms with Crippen LogP contribution >= 0.6 is 15.9 Å². The van der Waals surface area contributed by atoms with Crippen molar-refractivity contribution in [1.29, 1.82) is 0 Å². The van der Waals surface area contributed by atoms with Gasteiger partial charge in [0.1, 0.15) is 6.04 Å². The maximum atomic E-state index is 11.3. The summed E-state index contributed by atoms with van der Waals surface area (Å²) in [6.45, 7) is 2.27. The topological polar surface area (TPSA) is 56.8 Å². The van der Waals surface area contributed by atoms with Crippen LogP contribution in [0.15, 0.2) is 16.6 Å². The first-order chi connectivity index (χ1) is 9.03. The number of benzene rings is 1. The average molecular weight is 332 g/mol. The maximum absolute atomic E-state index is 11.3. The molecule has 0 unspecified atom stereocenters. The second-order valence-electron chi connectivity index (χ2n) is 3.94. The van der Waals surface area contributed by atoms with Crippen LogP contribution in [0.25, 0.3) is 0 Å². The van der Waals surface area contributed by atoms with Crippen molar-refractivity contribution in [3.05, 3.63) is 22.2 Å². The fourth-order valence-corrected chi connectivity index (χ4v) is 2.26. The third-order valence-electron chi connectivity index (χ3n) is 2.66. The summed E-state index contributed by atoms with van der Waals surface area (Å²) in [4.78, 5) is 11.3. The van der Waals surface area contributed by atoms with E-state index in [-0.39, 0.29) is 12.0 Å². The Morgan fingerprint density at radius 1 is 1.32 bits per heavy atom. The Kier molecular flexibility index (Phi) is 6.11. The van der Waals surface area contributed by atoms with Gasteiger partial charge in [0.15, 0.2) is 11.5 Å². The third-order valence-corrected chi connectivity index (χ3v) is 3.25. The van der Waals surface area contributed by atoms with Crippen LogP contribution in [0.4, 0.5) is 0 Å². The van der Waals surface area contributed by atoms with Crippen molar-refractivity contribution in [3.8, 4) is 11.5 Å². The quantitative estimate of drug-likeness (QED) is 0.809. The molecule has 1 N–H and O–H groups in total. The highest BCUT2D eigenvalue weighted by atomic mass is 79.9. The maximum Gasteiger partial charge on any atom is 0.322 e. The van der Waals surface area contributed by atoms with Gasteiger partial charge < -0.3 is 19.5 Å². The summed E-state index contributed by atoms with van der Waals surface area (Å²) in [7, 11) is 4.53. The summed E-state index contributed by atoms with van der Waals surface area (Å²) in [5.41, 5.74) is 0.972. The van der Waals surface area contributed by atoms with Crippen molar-refractivity contribution in [3.63, 3.8) is 0 Å². The molecule has 0 saturated carbocycles. The summed E-state index contributed by atoms with van der Waals surface area (Å²) in [5.74, 6) is 0.992. The number of rotatable bonds is 6. The van der Waals surface area contributed by atoms with Gasteiger partial charge in [-0.1, -0.05) is 0 Å². The minimum atomic E-state index is -0.364. The minimum Gasteiger partial charge on any atom is -0.493 e. The molecule has 0 heterocycles. The molecular weight excluding hydrogens is 314 g/mol. The van der Waals surface area contributed by atoms with Crippen molar-refractivity contribution < 1.29 is 19.0 Å². The van der Waals surface area contributed by atoms with E-state index in [2.05, 4.69) is 26.0 Å². The van der Waals surface area contributed by atoms with Crippen LogP contribution in [0.5, 0.6) is 11.5 Å². The van der Waals surface area contributed by atoms with E-state index in [0.717, 1.165) is 10.0 Å². The standard InChI is InChI=1S/C13H18BrNO4/c1-8(13(16)19-4)15-7-9-5-10(14)12(18-3)11(6-9)17-2/h5-6,8,15H,7H2,1-4H3/t8-/m0/s1. The van der Waals surface area contributed by atoms with E-state index < -0.39 is 0 Å². The number of methoxy groups -OCH3 is 3. The van der Waals surface area contributed by atoms with E-state index in [4.69, 9.17) is 9.47 Å². The Balaban J connectivity index is 2.80. The van der Waals surface area contributed by atoms with Crippen LogP contribution in [0, 0.1) is 0 Å². The number of carbonyl (C=O) groups excluding carboxylic acids is 1. The summed E-state index contributed by atoms with van der Waals surface area (Å²) < 4.78 is 15.9. The van der Waals surface area contributed by atoms with Gasteiger partial charge in [0.05, 0.1) is 25.8 Å². The first kappa shape index (κ1) is 15.8. The Hall–Kier alpha value is -1.27. The number of carbonyl (C=O) groups is 1. The van der Waals surface area contributed by atoms with Gasteiger partial charge in [-0.15, -0.1) is 0 Å². The van der Waals surface area contributed by atoms with Crippen LogP contribution in [-0.2, 0) is 16.1 Å². The monoisotopic (exact) mass is 331 g/mol. The van der Waals surface area contributed by atoms with E-state index in [1.807, 2.05) is 12.1 Å². The number of hydrogen-bond acceptors (Lipinski definition) is 5. The predicted molar refractivity (Wildman–Crippen MR) is 75.6 cm³/mol. The fourth-order valence-electron chi connectivity index (χ4n) is 1.60. The predicted octanol–water partition coefficient (Wildman–Crippen LogP) is 2.12. The zero-order chi connectivity index (χ0) is 14.4. The molecule has 5 nitrogen and oxygen atoms in total. The number of nitrogens with one attached hydrogen (secondary N) is 1. The molecule has 0 amide bonds. The highest BCUT2D eigenvalue weighted by molar-refractivity contribution is 9.10. The lowest BCUT2D eigenvalue weighted by Crippen LogP contribution is -2.34. The Morgan fingerprint density at radius 3 is 2.53 bits per heavy atom. The van der Waals surface area contributed by atoms with Crippen LogP contribution in [0.3, 0.4) is 0 Å². The van der Waals surface area contributed by atoms with Crippen molar-refractivity contribution >= 4 is 21.9 Å². The lowest BCUT2D eigenvalue weighted by molar-refractivity contribution is -0.142. The summed E-state index contributed by atoms with van der Waals surface area (Å²) in [5, 5.41) is 3.07. The number of esters is 1. The average Bonchev–Trinajstić information content (AvgIpc) is 2.42. The van der Waals surface area contributed by atoms with Gasteiger partial charge in [-0.2, -0.15) is 0 Å². The van der Waals surface area contributed by atoms with Crippen LogP contribution in [-0.4, -0.2) is 33.3 Å². The van der Waals surface area contributed by atoms with E-state index in [9.17, 15) is 4.79 Å². The highest BCUT2D eigenvalue weighted by Gasteiger charge is 2.14. The molecule has 6 heteroatoms. The Bertz CT molecular complexity index is 451. The van der Waals surface area contributed by atoms with Crippen molar-refractivity contribution in [1.82, 2.24) is 5.32 Å². The molecule has 0 aromatic heterocycles. The van der Waals surface area contributed by atoms with Gasteiger partial charge in [-0.3, -0.25) is 4.79 Å². The van der Waals surface area contributed by atoms with Crippen LogP contribution in [0.1, 0.15) is 12.5 Å². The SMILES string of the molecule is COC(=O)[C@H](C)NCc1cc(Br)c(OC)c(OC)c1. The van der Waals surface area contributed by atoms with Gasteiger partial charge in [0, 0.05) is 6.54 Å². The molecule has 1 atom stereocenters. The molecule has 0 radical (unpaired) electrons. The van der Waals surface area contributed by atoms with Crippen molar-refractivity contribution in [2.75, 3.05) is 21.3 Å². The van der Waals surface area contributed by atoms with Gasteiger partial charge in [-0.25, -0.2) is 0 Å². The lowest BCUT2D eigenvalue weighted by atomic mass is 10.2. The number of hydrogen-bond donors (Lipinski definition) is 1.